The lowest BCUT2D eigenvalue weighted by molar-refractivity contribution is -0.120. The molecule has 0 aliphatic carbocycles. The van der Waals surface area contributed by atoms with Gasteiger partial charge in [0.1, 0.15) is 6.61 Å². The highest BCUT2D eigenvalue weighted by molar-refractivity contribution is 5.93. The number of amides is 1. The number of anilines is 2. The lowest BCUT2D eigenvalue weighted by Gasteiger charge is -2.12. The van der Waals surface area contributed by atoms with Gasteiger partial charge in [-0.15, -0.1) is 0 Å². The third-order valence-electron chi connectivity index (χ3n) is 2.26. The number of hydrogen-bond acceptors (Lipinski definition) is 3. The summed E-state index contributed by atoms with van der Waals surface area (Å²) >= 11 is 0. The molecular formula is C12H18N2O2. The number of nitrogens with two attached hydrogens (primary N) is 1. The molecule has 0 radical (unpaired) electrons. The first-order valence-electron chi connectivity index (χ1n) is 5.29. The summed E-state index contributed by atoms with van der Waals surface area (Å²) in [6.45, 7) is 6.30. The Balaban J connectivity index is 2.77. The van der Waals surface area contributed by atoms with Gasteiger partial charge in [0.05, 0.1) is 0 Å². The minimum Gasteiger partial charge on any atom is -0.399 e. The van der Waals surface area contributed by atoms with E-state index >= 15 is 0 Å². The van der Waals surface area contributed by atoms with Crippen molar-refractivity contribution in [2.75, 3.05) is 24.3 Å². The van der Waals surface area contributed by atoms with E-state index in [1.807, 2.05) is 32.9 Å². The summed E-state index contributed by atoms with van der Waals surface area (Å²) in [4.78, 5) is 11.5. The molecule has 0 saturated heterocycles. The van der Waals surface area contributed by atoms with Crippen LogP contribution in [0, 0.1) is 13.8 Å². The SMILES string of the molecule is CCOCC(=O)Nc1c(C)cc(N)cc1C. The first-order chi connectivity index (χ1) is 7.54. The Morgan fingerprint density at radius 3 is 2.44 bits per heavy atom. The molecule has 0 unspecified atom stereocenters. The quantitative estimate of drug-likeness (QED) is 0.764. The Kier molecular flexibility index (Phi) is 4.31. The smallest absolute Gasteiger partial charge is 0.250 e. The minimum absolute atomic E-state index is 0.0831. The summed E-state index contributed by atoms with van der Waals surface area (Å²) in [6.07, 6.45) is 0. The van der Waals surface area contributed by atoms with E-state index in [1.54, 1.807) is 0 Å². The number of ether oxygens (including phenoxy) is 1. The molecule has 0 atom stereocenters. The molecule has 0 aliphatic rings. The maximum atomic E-state index is 11.5. The molecule has 0 bridgehead atoms. The molecule has 4 nitrogen and oxygen atoms in total. The van der Waals surface area contributed by atoms with Crippen molar-refractivity contribution in [3.05, 3.63) is 23.3 Å². The standard InChI is InChI=1S/C12H18N2O2/c1-4-16-7-11(15)14-12-8(2)5-10(13)6-9(12)3/h5-6H,4,7,13H2,1-3H3,(H,14,15). The van der Waals surface area contributed by atoms with Gasteiger partial charge in [-0.3, -0.25) is 4.79 Å². The van der Waals surface area contributed by atoms with Crippen LogP contribution in [0.4, 0.5) is 11.4 Å². The van der Waals surface area contributed by atoms with E-state index in [-0.39, 0.29) is 12.5 Å². The van der Waals surface area contributed by atoms with Crippen LogP contribution in [0.15, 0.2) is 12.1 Å². The van der Waals surface area contributed by atoms with E-state index < -0.39 is 0 Å². The molecule has 0 heterocycles. The summed E-state index contributed by atoms with van der Waals surface area (Å²) in [6, 6.07) is 3.67. The number of hydrogen-bond donors (Lipinski definition) is 2. The summed E-state index contributed by atoms with van der Waals surface area (Å²) in [5.74, 6) is -0.141. The first-order valence-corrected chi connectivity index (χ1v) is 5.29. The van der Waals surface area contributed by atoms with Crippen LogP contribution >= 0.6 is 0 Å². The number of aryl methyl sites for hydroxylation is 2. The Hall–Kier alpha value is -1.55. The predicted octanol–water partition coefficient (Wildman–Crippen LogP) is 1.86. The molecule has 16 heavy (non-hydrogen) atoms. The number of carbonyl (C=O) groups excluding carboxylic acids is 1. The molecule has 0 saturated carbocycles. The largest absolute Gasteiger partial charge is 0.399 e. The fraction of sp³-hybridized carbons (Fsp3) is 0.417. The van der Waals surface area contributed by atoms with Crippen LogP contribution in [0.2, 0.25) is 0 Å². The van der Waals surface area contributed by atoms with Gasteiger partial charge in [-0.1, -0.05) is 0 Å². The van der Waals surface area contributed by atoms with Gasteiger partial charge in [0, 0.05) is 18.0 Å². The summed E-state index contributed by atoms with van der Waals surface area (Å²) in [7, 11) is 0. The fourth-order valence-electron chi connectivity index (χ4n) is 1.56. The number of nitrogen functional groups attached to an aromatic ring is 1. The maximum Gasteiger partial charge on any atom is 0.250 e. The molecule has 0 spiro atoms. The van der Waals surface area contributed by atoms with Crippen molar-refractivity contribution in [3.8, 4) is 0 Å². The molecule has 1 rings (SSSR count). The lowest BCUT2D eigenvalue weighted by atomic mass is 10.1. The van der Waals surface area contributed by atoms with Crippen LogP contribution in [0.25, 0.3) is 0 Å². The molecule has 0 fully saturated rings. The van der Waals surface area contributed by atoms with Gasteiger partial charge < -0.3 is 15.8 Å². The minimum atomic E-state index is -0.141. The Morgan fingerprint density at radius 2 is 1.94 bits per heavy atom. The first kappa shape index (κ1) is 12.5. The second-order valence-corrected chi connectivity index (χ2v) is 3.72. The van der Waals surface area contributed by atoms with Crippen molar-refractivity contribution in [2.45, 2.75) is 20.8 Å². The highest BCUT2D eigenvalue weighted by Crippen LogP contribution is 2.23. The van der Waals surface area contributed by atoms with Crippen molar-refractivity contribution >= 4 is 17.3 Å². The van der Waals surface area contributed by atoms with Gasteiger partial charge in [-0.2, -0.15) is 0 Å². The van der Waals surface area contributed by atoms with Gasteiger partial charge in [0.2, 0.25) is 5.91 Å². The molecule has 0 aliphatic heterocycles. The number of nitrogens with one attached hydrogen (secondary N) is 1. The van der Waals surface area contributed by atoms with Gasteiger partial charge in [-0.05, 0) is 44.0 Å². The van der Waals surface area contributed by atoms with Crippen LogP contribution in [0.3, 0.4) is 0 Å². The van der Waals surface area contributed by atoms with E-state index in [0.717, 1.165) is 16.8 Å². The van der Waals surface area contributed by atoms with Crippen LogP contribution in [0.5, 0.6) is 0 Å². The Bertz CT molecular complexity index is 366. The molecule has 4 heteroatoms. The molecule has 0 aromatic heterocycles. The highest BCUT2D eigenvalue weighted by atomic mass is 16.5. The van der Waals surface area contributed by atoms with Crippen molar-refractivity contribution in [3.63, 3.8) is 0 Å². The van der Waals surface area contributed by atoms with Crippen molar-refractivity contribution in [1.29, 1.82) is 0 Å². The highest BCUT2D eigenvalue weighted by Gasteiger charge is 2.07. The third-order valence-corrected chi connectivity index (χ3v) is 2.26. The molecule has 1 aromatic carbocycles. The number of benzene rings is 1. The average molecular weight is 222 g/mol. The van der Waals surface area contributed by atoms with Crippen LogP contribution in [-0.2, 0) is 9.53 Å². The van der Waals surface area contributed by atoms with E-state index in [0.29, 0.717) is 12.3 Å². The van der Waals surface area contributed by atoms with Crippen LogP contribution in [0.1, 0.15) is 18.1 Å². The van der Waals surface area contributed by atoms with Crippen molar-refractivity contribution in [1.82, 2.24) is 0 Å². The third kappa shape index (κ3) is 3.24. The Labute approximate surface area is 95.8 Å². The van der Waals surface area contributed by atoms with Crippen LogP contribution in [-0.4, -0.2) is 19.1 Å². The van der Waals surface area contributed by atoms with Gasteiger partial charge in [0.25, 0.3) is 0 Å². The summed E-state index contributed by atoms with van der Waals surface area (Å²) < 4.78 is 5.03. The summed E-state index contributed by atoms with van der Waals surface area (Å²) in [5.41, 5.74) is 9.15. The molecular weight excluding hydrogens is 204 g/mol. The summed E-state index contributed by atoms with van der Waals surface area (Å²) in [5, 5.41) is 2.82. The van der Waals surface area contributed by atoms with Gasteiger partial charge in [-0.25, -0.2) is 0 Å². The van der Waals surface area contributed by atoms with Crippen molar-refractivity contribution < 1.29 is 9.53 Å². The zero-order chi connectivity index (χ0) is 12.1. The Morgan fingerprint density at radius 1 is 1.38 bits per heavy atom. The monoisotopic (exact) mass is 222 g/mol. The maximum absolute atomic E-state index is 11.5. The second kappa shape index (κ2) is 5.51. The van der Waals surface area contributed by atoms with E-state index in [4.69, 9.17) is 10.5 Å². The fourth-order valence-corrected chi connectivity index (χ4v) is 1.56. The molecule has 1 amide bonds. The van der Waals surface area contributed by atoms with Gasteiger partial charge >= 0.3 is 0 Å². The van der Waals surface area contributed by atoms with E-state index in [1.165, 1.54) is 0 Å². The number of rotatable bonds is 4. The number of carbonyl (C=O) groups is 1. The second-order valence-electron chi connectivity index (χ2n) is 3.72. The topological polar surface area (TPSA) is 64.3 Å². The zero-order valence-corrected chi connectivity index (χ0v) is 9.96. The van der Waals surface area contributed by atoms with Gasteiger partial charge in [0.15, 0.2) is 0 Å². The molecule has 88 valence electrons. The lowest BCUT2D eigenvalue weighted by Crippen LogP contribution is -2.19. The van der Waals surface area contributed by atoms with Crippen molar-refractivity contribution in [2.24, 2.45) is 0 Å². The van der Waals surface area contributed by atoms with E-state index in [9.17, 15) is 4.79 Å². The normalized spacial score (nSPS) is 10.2. The predicted molar refractivity (Wildman–Crippen MR) is 65.5 cm³/mol. The molecule has 3 N–H and O–H groups in total. The zero-order valence-electron chi connectivity index (χ0n) is 9.96. The average Bonchev–Trinajstić information content (AvgIpc) is 2.20. The molecule has 1 aromatic rings. The van der Waals surface area contributed by atoms with E-state index in [2.05, 4.69) is 5.32 Å². The van der Waals surface area contributed by atoms with Crippen LogP contribution < -0.4 is 11.1 Å².